The number of thiazole rings is 1. The first-order chi connectivity index (χ1) is 5.33. The molecule has 0 radical (unpaired) electrons. The highest BCUT2D eigenvalue weighted by molar-refractivity contribution is 7.15. The first-order valence-corrected chi connectivity index (χ1v) is 4.53. The smallest absolute Gasteiger partial charge is 0.113 e. The summed E-state index contributed by atoms with van der Waals surface area (Å²) in [6.45, 7) is 2.23. The quantitative estimate of drug-likeness (QED) is 0.694. The predicted octanol–water partition coefficient (Wildman–Crippen LogP) is 0.845. The minimum Gasteiger partial charge on any atom is -0.329 e. The second kappa shape index (κ2) is 4.66. The zero-order chi connectivity index (χ0) is 8.10. The number of halogens is 1. The van der Waals surface area contributed by atoms with Crippen LogP contribution in [0.1, 0.15) is 5.01 Å². The molecule has 62 valence electrons. The number of hydrogen-bond donors (Lipinski definition) is 2. The van der Waals surface area contributed by atoms with E-state index in [9.17, 15) is 0 Å². The Morgan fingerprint density at radius 2 is 2.55 bits per heavy atom. The molecule has 1 heterocycles. The second-order valence-electron chi connectivity index (χ2n) is 2.02. The van der Waals surface area contributed by atoms with Gasteiger partial charge < -0.3 is 11.1 Å². The molecule has 0 bridgehead atoms. The van der Waals surface area contributed by atoms with Crippen molar-refractivity contribution in [3.05, 3.63) is 15.5 Å². The molecule has 0 saturated heterocycles. The van der Waals surface area contributed by atoms with Crippen molar-refractivity contribution < 1.29 is 0 Å². The lowest BCUT2D eigenvalue weighted by Gasteiger charge is -1.96. The molecule has 0 spiro atoms. The van der Waals surface area contributed by atoms with Gasteiger partial charge in [0.15, 0.2) is 0 Å². The van der Waals surface area contributed by atoms with Gasteiger partial charge in [0.1, 0.15) is 9.34 Å². The fourth-order valence-electron chi connectivity index (χ4n) is 0.667. The fourth-order valence-corrected chi connectivity index (χ4v) is 1.59. The molecule has 0 amide bonds. The van der Waals surface area contributed by atoms with Crippen LogP contribution in [-0.2, 0) is 6.54 Å². The highest BCUT2D eigenvalue weighted by Gasteiger charge is 1.97. The number of nitrogens with zero attached hydrogens (tertiary/aromatic N) is 1. The van der Waals surface area contributed by atoms with E-state index in [4.69, 9.17) is 17.3 Å². The Bertz CT molecular complexity index is 213. The summed E-state index contributed by atoms with van der Waals surface area (Å²) in [6.07, 6.45) is 1.66. The van der Waals surface area contributed by atoms with E-state index in [2.05, 4.69) is 10.3 Å². The minimum atomic E-state index is 0.652. The first kappa shape index (κ1) is 8.93. The summed E-state index contributed by atoms with van der Waals surface area (Å²) in [5, 5.41) is 4.13. The number of aromatic nitrogens is 1. The van der Waals surface area contributed by atoms with Crippen molar-refractivity contribution in [1.29, 1.82) is 0 Å². The van der Waals surface area contributed by atoms with Crippen LogP contribution in [0.4, 0.5) is 0 Å². The molecule has 1 rings (SSSR count). The highest BCUT2D eigenvalue weighted by Crippen LogP contribution is 2.17. The van der Waals surface area contributed by atoms with Gasteiger partial charge in [0, 0.05) is 19.6 Å². The maximum absolute atomic E-state index is 5.68. The Labute approximate surface area is 74.6 Å². The maximum atomic E-state index is 5.68. The molecule has 0 aliphatic carbocycles. The van der Waals surface area contributed by atoms with Gasteiger partial charge >= 0.3 is 0 Å². The molecule has 0 saturated carbocycles. The lowest BCUT2D eigenvalue weighted by molar-refractivity contribution is 0.692. The summed E-state index contributed by atoms with van der Waals surface area (Å²) in [5.74, 6) is 0. The Hall–Kier alpha value is -0.160. The zero-order valence-corrected chi connectivity index (χ0v) is 7.58. The standard InChI is InChI=1S/C6H10ClN3S/c7-5-3-10-6(11-5)4-9-2-1-8/h3,9H,1-2,4,8H2. The van der Waals surface area contributed by atoms with E-state index in [-0.39, 0.29) is 0 Å². The van der Waals surface area contributed by atoms with Gasteiger partial charge in [-0.3, -0.25) is 0 Å². The van der Waals surface area contributed by atoms with Gasteiger partial charge in [0.2, 0.25) is 0 Å². The van der Waals surface area contributed by atoms with E-state index in [1.807, 2.05) is 0 Å². The van der Waals surface area contributed by atoms with Crippen LogP contribution in [0, 0.1) is 0 Å². The van der Waals surface area contributed by atoms with Crippen LogP contribution >= 0.6 is 22.9 Å². The van der Waals surface area contributed by atoms with Crippen molar-refractivity contribution >= 4 is 22.9 Å². The molecule has 5 heteroatoms. The molecule has 0 aliphatic heterocycles. The van der Waals surface area contributed by atoms with E-state index >= 15 is 0 Å². The average Bonchev–Trinajstić information content (AvgIpc) is 2.37. The molecule has 0 unspecified atom stereocenters. The Morgan fingerprint density at radius 1 is 1.73 bits per heavy atom. The van der Waals surface area contributed by atoms with Gasteiger partial charge in [-0.25, -0.2) is 4.98 Å². The molecule has 0 fully saturated rings. The van der Waals surface area contributed by atoms with Crippen molar-refractivity contribution in [3.8, 4) is 0 Å². The van der Waals surface area contributed by atoms with Crippen molar-refractivity contribution in [3.63, 3.8) is 0 Å². The van der Waals surface area contributed by atoms with E-state index < -0.39 is 0 Å². The van der Waals surface area contributed by atoms with E-state index in [0.717, 1.165) is 22.4 Å². The normalized spacial score (nSPS) is 10.4. The second-order valence-corrected chi connectivity index (χ2v) is 3.77. The van der Waals surface area contributed by atoms with Crippen LogP contribution in [0.3, 0.4) is 0 Å². The maximum Gasteiger partial charge on any atom is 0.113 e. The summed E-state index contributed by atoms with van der Waals surface area (Å²) in [5.41, 5.74) is 5.29. The highest BCUT2D eigenvalue weighted by atomic mass is 35.5. The number of hydrogen-bond acceptors (Lipinski definition) is 4. The molecule has 0 atom stereocenters. The lowest BCUT2D eigenvalue weighted by Crippen LogP contribution is -2.21. The number of nitrogens with two attached hydrogens (primary N) is 1. The summed E-state index contributed by atoms with van der Waals surface area (Å²) in [6, 6.07) is 0. The van der Waals surface area contributed by atoms with Crippen LogP contribution in [0.25, 0.3) is 0 Å². The molecule has 3 nitrogen and oxygen atoms in total. The third kappa shape index (κ3) is 3.16. The zero-order valence-electron chi connectivity index (χ0n) is 6.01. The largest absolute Gasteiger partial charge is 0.329 e. The first-order valence-electron chi connectivity index (χ1n) is 3.34. The Kier molecular flexibility index (Phi) is 3.79. The van der Waals surface area contributed by atoms with Gasteiger partial charge in [-0.05, 0) is 0 Å². The summed E-state index contributed by atoms with van der Waals surface area (Å²) >= 11 is 7.17. The topological polar surface area (TPSA) is 50.9 Å². The van der Waals surface area contributed by atoms with Crippen molar-refractivity contribution in [2.24, 2.45) is 5.73 Å². The SMILES string of the molecule is NCCNCc1ncc(Cl)s1. The Morgan fingerprint density at radius 3 is 3.09 bits per heavy atom. The van der Waals surface area contributed by atoms with Gasteiger partial charge in [-0.15, -0.1) is 11.3 Å². The average molecular weight is 192 g/mol. The molecular formula is C6H10ClN3S. The van der Waals surface area contributed by atoms with Crippen molar-refractivity contribution in [2.75, 3.05) is 13.1 Å². The monoisotopic (exact) mass is 191 g/mol. The summed E-state index contributed by atoms with van der Waals surface area (Å²) < 4.78 is 0.731. The Balaban J connectivity index is 2.27. The molecule has 1 aromatic heterocycles. The van der Waals surface area contributed by atoms with E-state index in [1.165, 1.54) is 11.3 Å². The van der Waals surface area contributed by atoms with Crippen LogP contribution in [-0.4, -0.2) is 18.1 Å². The molecule has 1 aromatic rings. The lowest BCUT2D eigenvalue weighted by atomic mass is 10.6. The summed E-state index contributed by atoms with van der Waals surface area (Å²) in [4.78, 5) is 4.07. The summed E-state index contributed by atoms with van der Waals surface area (Å²) in [7, 11) is 0. The van der Waals surface area contributed by atoms with Crippen LogP contribution in [0.15, 0.2) is 6.20 Å². The van der Waals surface area contributed by atoms with Crippen molar-refractivity contribution in [1.82, 2.24) is 10.3 Å². The molecule has 0 aromatic carbocycles. The van der Waals surface area contributed by atoms with Gasteiger partial charge in [-0.1, -0.05) is 11.6 Å². The molecule has 11 heavy (non-hydrogen) atoms. The van der Waals surface area contributed by atoms with E-state index in [1.54, 1.807) is 6.20 Å². The van der Waals surface area contributed by atoms with Gasteiger partial charge in [-0.2, -0.15) is 0 Å². The third-order valence-electron chi connectivity index (χ3n) is 1.12. The fraction of sp³-hybridized carbons (Fsp3) is 0.500. The third-order valence-corrected chi connectivity index (χ3v) is 2.24. The molecule has 0 aliphatic rings. The van der Waals surface area contributed by atoms with Crippen molar-refractivity contribution in [2.45, 2.75) is 6.54 Å². The predicted molar refractivity (Wildman–Crippen MR) is 47.9 cm³/mol. The minimum absolute atomic E-state index is 0.652. The van der Waals surface area contributed by atoms with Crippen LogP contribution in [0.5, 0.6) is 0 Å². The van der Waals surface area contributed by atoms with Gasteiger partial charge in [0.05, 0.1) is 6.20 Å². The number of rotatable bonds is 4. The molecular weight excluding hydrogens is 182 g/mol. The van der Waals surface area contributed by atoms with Crippen LogP contribution < -0.4 is 11.1 Å². The number of nitrogens with one attached hydrogen (secondary N) is 1. The molecule has 3 N–H and O–H groups in total. The van der Waals surface area contributed by atoms with E-state index in [0.29, 0.717) is 6.54 Å². The van der Waals surface area contributed by atoms with Crippen LogP contribution in [0.2, 0.25) is 4.34 Å². The van der Waals surface area contributed by atoms with Gasteiger partial charge in [0.25, 0.3) is 0 Å².